The fourth-order valence-corrected chi connectivity index (χ4v) is 3.42. The summed E-state index contributed by atoms with van der Waals surface area (Å²) in [5, 5.41) is 14.7. The van der Waals surface area contributed by atoms with E-state index in [2.05, 4.69) is 42.4 Å². The molecule has 0 aliphatic carbocycles. The molecular weight excluding hydrogens is 466 g/mol. The standard InChI is InChI=1S/C14H11Br2N3O4S/c1-8(12-4-5-13(16)24-12)17-18-14(20)7-23-11-3-2-9(19(21)22)6-10(11)15/h2-6H,7H2,1H3,(H,18,20)/b17-8+. The zero-order valence-electron chi connectivity index (χ0n) is 12.3. The van der Waals surface area contributed by atoms with E-state index in [0.717, 1.165) is 8.66 Å². The lowest BCUT2D eigenvalue weighted by atomic mass is 10.3. The van der Waals surface area contributed by atoms with Gasteiger partial charge in [0.15, 0.2) is 6.61 Å². The first-order valence-corrected chi connectivity index (χ1v) is 8.92. The summed E-state index contributed by atoms with van der Waals surface area (Å²) in [6, 6.07) is 7.83. The summed E-state index contributed by atoms with van der Waals surface area (Å²) in [4.78, 5) is 22.9. The van der Waals surface area contributed by atoms with Crippen LogP contribution in [0, 0.1) is 10.1 Å². The van der Waals surface area contributed by atoms with Gasteiger partial charge in [0.2, 0.25) is 0 Å². The number of hydrogen-bond acceptors (Lipinski definition) is 6. The van der Waals surface area contributed by atoms with E-state index in [1.54, 1.807) is 6.92 Å². The second-order valence-electron chi connectivity index (χ2n) is 4.50. The Morgan fingerprint density at radius 2 is 2.12 bits per heavy atom. The van der Waals surface area contributed by atoms with Gasteiger partial charge in [0, 0.05) is 12.1 Å². The maximum absolute atomic E-state index is 11.8. The smallest absolute Gasteiger partial charge is 0.277 e. The largest absolute Gasteiger partial charge is 0.483 e. The van der Waals surface area contributed by atoms with E-state index >= 15 is 0 Å². The Kier molecular flexibility index (Phi) is 6.46. The zero-order chi connectivity index (χ0) is 17.7. The van der Waals surface area contributed by atoms with Crippen molar-refractivity contribution in [1.82, 2.24) is 5.43 Å². The third kappa shape index (κ3) is 5.11. The third-order valence-corrected chi connectivity index (χ3v) is 5.12. The third-order valence-electron chi connectivity index (χ3n) is 2.76. The number of nitro benzene ring substituents is 1. The number of halogens is 2. The van der Waals surface area contributed by atoms with Crippen LogP contribution in [0.4, 0.5) is 5.69 Å². The molecule has 2 aromatic rings. The molecule has 1 aromatic carbocycles. The Morgan fingerprint density at radius 1 is 1.38 bits per heavy atom. The van der Waals surface area contributed by atoms with Crippen LogP contribution >= 0.6 is 43.2 Å². The SMILES string of the molecule is C/C(=N\NC(=O)COc1ccc([N+](=O)[O-])cc1Br)c1ccc(Br)s1. The monoisotopic (exact) mass is 475 g/mol. The summed E-state index contributed by atoms with van der Waals surface area (Å²) in [6.45, 7) is 1.52. The van der Waals surface area contributed by atoms with E-state index in [4.69, 9.17) is 4.74 Å². The molecule has 7 nitrogen and oxygen atoms in total. The van der Waals surface area contributed by atoms with E-state index in [1.807, 2.05) is 12.1 Å². The molecule has 126 valence electrons. The Balaban J connectivity index is 1.90. The van der Waals surface area contributed by atoms with Crippen molar-refractivity contribution in [3.8, 4) is 5.75 Å². The van der Waals surface area contributed by atoms with Crippen molar-refractivity contribution >= 4 is 60.5 Å². The van der Waals surface area contributed by atoms with Gasteiger partial charge in [-0.1, -0.05) is 0 Å². The summed E-state index contributed by atoms with van der Waals surface area (Å²) < 4.78 is 6.69. The molecule has 0 atom stereocenters. The average molecular weight is 477 g/mol. The molecule has 0 unspecified atom stereocenters. The van der Waals surface area contributed by atoms with Crippen LogP contribution in [0.25, 0.3) is 0 Å². The van der Waals surface area contributed by atoms with Gasteiger partial charge in [-0.25, -0.2) is 5.43 Å². The molecule has 1 N–H and O–H groups in total. The van der Waals surface area contributed by atoms with E-state index in [-0.39, 0.29) is 12.3 Å². The molecule has 1 aromatic heterocycles. The molecule has 0 saturated heterocycles. The minimum Gasteiger partial charge on any atom is -0.483 e. The number of hydrogen-bond donors (Lipinski definition) is 1. The molecule has 10 heteroatoms. The lowest BCUT2D eigenvalue weighted by Crippen LogP contribution is -2.25. The lowest BCUT2D eigenvalue weighted by Gasteiger charge is -2.07. The highest BCUT2D eigenvalue weighted by Gasteiger charge is 2.11. The van der Waals surface area contributed by atoms with Crippen LogP contribution in [0.1, 0.15) is 11.8 Å². The first-order chi connectivity index (χ1) is 11.4. The van der Waals surface area contributed by atoms with Crippen LogP contribution in [-0.4, -0.2) is 23.1 Å². The van der Waals surface area contributed by atoms with E-state index < -0.39 is 10.8 Å². The molecule has 1 amide bonds. The normalized spacial score (nSPS) is 11.2. The van der Waals surface area contributed by atoms with Gasteiger partial charge in [-0.15, -0.1) is 11.3 Å². The summed E-state index contributed by atoms with van der Waals surface area (Å²) in [6.07, 6.45) is 0. The number of nitrogens with zero attached hydrogens (tertiary/aromatic N) is 2. The molecule has 0 aliphatic heterocycles. The highest BCUT2D eigenvalue weighted by atomic mass is 79.9. The van der Waals surface area contributed by atoms with Crippen LogP contribution < -0.4 is 10.2 Å². The van der Waals surface area contributed by atoms with Gasteiger partial charge in [0.25, 0.3) is 11.6 Å². The fraction of sp³-hybridized carbons (Fsp3) is 0.143. The van der Waals surface area contributed by atoms with Gasteiger partial charge < -0.3 is 4.74 Å². The van der Waals surface area contributed by atoms with Gasteiger partial charge in [0.1, 0.15) is 5.75 Å². The quantitative estimate of drug-likeness (QED) is 0.385. The summed E-state index contributed by atoms with van der Waals surface area (Å²) in [5.41, 5.74) is 3.01. The molecule has 0 spiro atoms. The van der Waals surface area contributed by atoms with Crippen molar-refractivity contribution < 1.29 is 14.5 Å². The highest BCUT2D eigenvalue weighted by Crippen LogP contribution is 2.29. The fourth-order valence-electron chi connectivity index (χ4n) is 1.61. The average Bonchev–Trinajstić information content (AvgIpc) is 2.97. The Labute approximate surface area is 158 Å². The highest BCUT2D eigenvalue weighted by molar-refractivity contribution is 9.11. The van der Waals surface area contributed by atoms with E-state index in [0.29, 0.717) is 15.9 Å². The molecule has 2 rings (SSSR count). The van der Waals surface area contributed by atoms with Gasteiger partial charge in [-0.3, -0.25) is 14.9 Å². The number of ether oxygens (including phenoxy) is 1. The number of rotatable bonds is 6. The predicted octanol–water partition coefficient (Wildman–Crippen LogP) is 4.10. The van der Waals surface area contributed by atoms with Gasteiger partial charge in [0.05, 0.1) is 23.8 Å². The van der Waals surface area contributed by atoms with Crippen LogP contribution in [0.2, 0.25) is 0 Å². The Bertz CT molecular complexity index is 807. The maximum Gasteiger partial charge on any atom is 0.277 e. The summed E-state index contributed by atoms with van der Waals surface area (Å²) in [7, 11) is 0. The van der Waals surface area contributed by atoms with Gasteiger partial charge >= 0.3 is 0 Å². The zero-order valence-corrected chi connectivity index (χ0v) is 16.3. The first kappa shape index (κ1) is 18.6. The number of carbonyl (C=O) groups is 1. The van der Waals surface area contributed by atoms with Crippen molar-refractivity contribution in [1.29, 1.82) is 0 Å². The molecule has 0 fully saturated rings. The number of non-ortho nitro benzene ring substituents is 1. The van der Waals surface area contributed by atoms with Crippen LogP contribution in [-0.2, 0) is 4.79 Å². The van der Waals surface area contributed by atoms with Crippen LogP contribution in [0.3, 0.4) is 0 Å². The topological polar surface area (TPSA) is 93.8 Å². The number of carbonyl (C=O) groups excluding carboxylic acids is 1. The second-order valence-corrected chi connectivity index (χ2v) is 7.81. The summed E-state index contributed by atoms with van der Waals surface area (Å²) in [5.74, 6) is -0.103. The molecule has 0 saturated carbocycles. The number of hydrazone groups is 1. The molecule has 1 heterocycles. The predicted molar refractivity (Wildman–Crippen MR) is 98.7 cm³/mol. The Hall–Kier alpha value is -1.78. The molecular formula is C14H11Br2N3O4S. The van der Waals surface area contributed by atoms with E-state index in [1.165, 1.54) is 29.5 Å². The molecule has 24 heavy (non-hydrogen) atoms. The number of amides is 1. The number of thiophene rings is 1. The Morgan fingerprint density at radius 3 is 2.71 bits per heavy atom. The van der Waals surface area contributed by atoms with Crippen LogP contribution in [0.15, 0.2) is 43.7 Å². The van der Waals surface area contributed by atoms with Crippen molar-refractivity contribution in [3.63, 3.8) is 0 Å². The van der Waals surface area contributed by atoms with Gasteiger partial charge in [-0.2, -0.15) is 5.10 Å². The molecule has 0 bridgehead atoms. The molecule has 0 radical (unpaired) electrons. The second kappa shape index (κ2) is 8.36. The molecule has 0 aliphatic rings. The minimum absolute atomic E-state index is 0.0685. The maximum atomic E-state index is 11.8. The minimum atomic E-state index is -0.512. The van der Waals surface area contributed by atoms with Gasteiger partial charge in [-0.05, 0) is 57.0 Å². The van der Waals surface area contributed by atoms with Crippen molar-refractivity contribution in [3.05, 3.63) is 53.6 Å². The summed E-state index contributed by atoms with van der Waals surface area (Å²) >= 11 is 8.04. The number of benzene rings is 1. The van der Waals surface area contributed by atoms with Crippen molar-refractivity contribution in [2.45, 2.75) is 6.92 Å². The number of nitro groups is 1. The number of nitrogens with one attached hydrogen (secondary N) is 1. The lowest BCUT2D eigenvalue weighted by molar-refractivity contribution is -0.384. The van der Waals surface area contributed by atoms with Crippen molar-refractivity contribution in [2.24, 2.45) is 5.10 Å². The van der Waals surface area contributed by atoms with Crippen LogP contribution in [0.5, 0.6) is 5.75 Å². The van der Waals surface area contributed by atoms with Crippen molar-refractivity contribution in [2.75, 3.05) is 6.61 Å². The first-order valence-electron chi connectivity index (χ1n) is 6.52. The van der Waals surface area contributed by atoms with E-state index in [9.17, 15) is 14.9 Å².